The molecule has 0 aromatic heterocycles. The third-order valence-corrected chi connectivity index (χ3v) is 6.51. The molecule has 2 aliphatic rings. The Morgan fingerprint density at radius 3 is 2.53 bits per heavy atom. The summed E-state index contributed by atoms with van der Waals surface area (Å²) in [5.74, 6) is -1.03. The highest BCUT2D eigenvalue weighted by Crippen LogP contribution is 2.31. The second-order valence-electron chi connectivity index (χ2n) is 8.74. The maximum Gasteiger partial charge on any atom is 0.325 e. The standard InChI is InChI=1S/C25H28FN3O5/c26-20-15-19(34-18-9-5-2-6-10-18)13-11-16(20)12-14-21-24(31)29(25(32)27-21)22(23(30)28-33)17-7-3-1-4-8-17/h2,5-6,9-11,13,15,17,21-22,33H,1,3-4,7-8,12,14H2,(H,27,32)(H,28,30). The number of nitrogens with one attached hydrogen (secondary N) is 2. The fraction of sp³-hybridized carbons (Fsp3) is 0.400. The molecule has 0 spiro atoms. The van der Waals surface area contributed by atoms with E-state index in [1.807, 2.05) is 18.2 Å². The molecular weight excluding hydrogens is 441 g/mol. The summed E-state index contributed by atoms with van der Waals surface area (Å²) in [6, 6.07) is 11.0. The Labute approximate surface area is 197 Å². The normalized spacial score (nSPS) is 19.6. The summed E-state index contributed by atoms with van der Waals surface area (Å²) in [5, 5.41) is 11.8. The number of nitrogens with zero attached hydrogens (tertiary/aromatic N) is 1. The fourth-order valence-electron chi connectivity index (χ4n) is 4.78. The topological polar surface area (TPSA) is 108 Å². The first-order valence-electron chi connectivity index (χ1n) is 11.6. The number of carbonyl (C=O) groups excluding carboxylic acids is 3. The van der Waals surface area contributed by atoms with Crippen LogP contribution in [0.25, 0.3) is 0 Å². The lowest BCUT2D eigenvalue weighted by Gasteiger charge is -2.33. The number of urea groups is 1. The number of hydrogen-bond acceptors (Lipinski definition) is 5. The summed E-state index contributed by atoms with van der Waals surface area (Å²) in [6.45, 7) is 0. The number of aryl methyl sites for hydroxylation is 1. The SMILES string of the molecule is O=C(NO)C(C1CCCCC1)N1C(=O)NC(CCc2ccc(Oc3ccccc3)cc2F)C1=O. The van der Waals surface area contributed by atoms with Crippen molar-refractivity contribution in [1.29, 1.82) is 0 Å². The van der Waals surface area contributed by atoms with Crippen molar-refractivity contribution in [3.8, 4) is 11.5 Å². The van der Waals surface area contributed by atoms with E-state index in [4.69, 9.17) is 4.74 Å². The Kier molecular flexibility index (Phi) is 7.42. The molecule has 1 aliphatic heterocycles. The molecule has 34 heavy (non-hydrogen) atoms. The molecule has 1 saturated carbocycles. The van der Waals surface area contributed by atoms with Gasteiger partial charge in [0.05, 0.1) is 0 Å². The van der Waals surface area contributed by atoms with Gasteiger partial charge in [0.25, 0.3) is 11.8 Å². The zero-order chi connectivity index (χ0) is 24.1. The number of para-hydroxylation sites is 1. The molecule has 1 aliphatic carbocycles. The van der Waals surface area contributed by atoms with Crippen molar-refractivity contribution in [2.24, 2.45) is 5.92 Å². The van der Waals surface area contributed by atoms with E-state index < -0.39 is 35.7 Å². The number of benzene rings is 2. The van der Waals surface area contributed by atoms with E-state index in [9.17, 15) is 24.0 Å². The molecule has 180 valence electrons. The van der Waals surface area contributed by atoms with Crippen molar-refractivity contribution in [2.45, 2.75) is 57.0 Å². The minimum Gasteiger partial charge on any atom is -0.457 e. The van der Waals surface area contributed by atoms with E-state index >= 15 is 0 Å². The van der Waals surface area contributed by atoms with Crippen LogP contribution < -0.4 is 15.5 Å². The molecule has 8 nitrogen and oxygen atoms in total. The maximum absolute atomic E-state index is 14.7. The Bertz CT molecular complexity index is 1040. The third kappa shape index (κ3) is 5.20. The lowest BCUT2D eigenvalue weighted by molar-refractivity contribution is -0.143. The quantitative estimate of drug-likeness (QED) is 0.309. The number of ether oxygens (including phenoxy) is 1. The van der Waals surface area contributed by atoms with Crippen molar-refractivity contribution in [1.82, 2.24) is 15.7 Å². The van der Waals surface area contributed by atoms with Gasteiger partial charge in [-0.15, -0.1) is 0 Å². The van der Waals surface area contributed by atoms with Gasteiger partial charge in [-0.1, -0.05) is 43.5 Å². The van der Waals surface area contributed by atoms with Crippen LogP contribution in [-0.2, 0) is 16.0 Å². The van der Waals surface area contributed by atoms with E-state index in [2.05, 4.69) is 5.32 Å². The van der Waals surface area contributed by atoms with Crippen LogP contribution >= 0.6 is 0 Å². The Hall–Kier alpha value is -3.46. The molecule has 3 N–H and O–H groups in total. The van der Waals surface area contributed by atoms with Gasteiger partial charge in [0, 0.05) is 6.07 Å². The highest BCUT2D eigenvalue weighted by Gasteiger charge is 2.47. The molecule has 2 unspecified atom stereocenters. The van der Waals surface area contributed by atoms with Crippen LogP contribution in [0.1, 0.15) is 44.1 Å². The van der Waals surface area contributed by atoms with E-state index in [-0.39, 0.29) is 18.8 Å². The van der Waals surface area contributed by atoms with E-state index in [0.717, 1.165) is 24.2 Å². The highest BCUT2D eigenvalue weighted by atomic mass is 19.1. The molecule has 0 bridgehead atoms. The summed E-state index contributed by atoms with van der Waals surface area (Å²) >= 11 is 0. The van der Waals surface area contributed by atoms with E-state index in [0.29, 0.717) is 29.9 Å². The molecule has 2 atom stereocenters. The molecule has 0 radical (unpaired) electrons. The van der Waals surface area contributed by atoms with Crippen molar-refractivity contribution in [3.05, 3.63) is 59.9 Å². The monoisotopic (exact) mass is 469 g/mol. The van der Waals surface area contributed by atoms with Gasteiger partial charge in [-0.3, -0.25) is 14.8 Å². The average molecular weight is 470 g/mol. The Balaban J connectivity index is 1.41. The van der Waals surface area contributed by atoms with Gasteiger partial charge in [0.1, 0.15) is 29.4 Å². The van der Waals surface area contributed by atoms with Gasteiger partial charge in [0.15, 0.2) is 0 Å². The van der Waals surface area contributed by atoms with Gasteiger partial charge in [0.2, 0.25) is 0 Å². The summed E-state index contributed by atoms with van der Waals surface area (Å²) < 4.78 is 20.3. The van der Waals surface area contributed by atoms with Gasteiger partial charge in [-0.25, -0.2) is 19.6 Å². The lowest BCUT2D eigenvalue weighted by Crippen LogP contribution is -2.53. The zero-order valence-corrected chi connectivity index (χ0v) is 18.7. The first kappa shape index (κ1) is 23.7. The number of hydrogen-bond donors (Lipinski definition) is 3. The molecular formula is C25H28FN3O5. The highest BCUT2D eigenvalue weighted by molar-refractivity contribution is 6.07. The van der Waals surface area contributed by atoms with Crippen LogP contribution in [0.3, 0.4) is 0 Å². The molecule has 2 aromatic rings. The second-order valence-corrected chi connectivity index (χ2v) is 8.74. The molecule has 1 heterocycles. The third-order valence-electron chi connectivity index (χ3n) is 6.51. The maximum atomic E-state index is 14.7. The average Bonchev–Trinajstić information content (AvgIpc) is 3.13. The lowest BCUT2D eigenvalue weighted by atomic mass is 9.83. The molecule has 2 aromatic carbocycles. The number of hydroxylamine groups is 1. The molecule has 9 heteroatoms. The van der Waals surface area contributed by atoms with Crippen LogP contribution in [0.4, 0.5) is 9.18 Å². The molecule has 1 saturated heterocycles. The largest absolute Gasteiger partial charge is 0.457 e. The van der Waals surface area contributed by atoms with Gasteiger partial charge >= 0.3 is 6.03 Å². The molecule has 2 fully saturated rings. The van der Waals surface area contributed by atoms with Crippen LogP contribution in [0, 0.1) is 11.7 Å². The number of carbonyl (C=O) groups is 3. The minimum absolute atomic E-state index is 0.176. The second kappa shape index (κ2) is 10.6. The summed E-state index contributed by atoms with van der Waals surface area (Å²) in [7, 11) is 0. The smallest absolute Gasteiger partial charge is 0.325 e. The predicted octanol–water partition coefficient (Wildman–Crippen LogP) is 3.93. The van der Waals surface area contributed by atoms with Crippen molar-refractivity contribution < 1.29 is 28.7 Å². The first-order chi connectivity index (χ1) is 16.5. The van der Waals surface area contributed by atoms with Crippen molar-refractivity contribution >= 4 is 17.8 Å². The van der Waals surface area contributed by atoms with Crippen LogP contribution in [-0.4, -0.2) is 40.0 Å². The first-order valence-corrected chi connectivity index (χ1v) is 11.6. The molecule has 4 rings (SSSR count). The van der Waals surface area contributed by atoms with Crippen molar-refractivity contribution in [2.75, 3.05) is 0 Å². The Morgan fingerprint density at radius 2 is 1.85 bits per heavy atom. The van der Waals surface area contributed by atoms with Crippen LogP contribution in [0.2, 0.25) is 0 Å². The van der Waals surface area contributed by atoms with Crippen LogP contribution in [0.15, 0.2) is 48.5 Å². The number of imide groups is 1. The van der Waals surface area contributed by atoms with Gasteiger partial charge < -0.3 is 10.1 Å². The predicted molar refractivity (Wildman–Crippen MR) is 121 cm³/mol. The number of halogens is 1. The van der Waals surface area contributed by atoms with Crippen molar-refractivity contribution in [3.63, 3.8) is 0 Å². The fourth-order valence-corrected chi connectivity index (χ4v) is 4.78. The van der Waals surface area contributed by atoms with Gasteiger partial charge in [-0.05, 0) is 55.4 Å². The summed E-state index contributed by atoms with van der Waals surface area (Å²) in [5.41, 5.74) is 2.00. The minimum atomic E-state index is -1.06. The zero-order valence-electron chi connectivity index (χ0n) is 18.7. The van der Waals surface area contributed by atoms with E-state index in [1.165, 1.54) is 6.07 Å². The van der Waals surface area contributed by atoms with Crippen LogP contribution in [0.5, 0.6) is 11.5 Å². The number of rotatable bonds is 8. The summed E-state index contributed by atoms with van der Waals surface area (Å²) in [4.78, 5) is 39.0. The Morgan fingerprint density at radius 1 is 1.12 bits per heavy atom. The summed E-state index contributed by atoms with van der Waals surface area (Å²) in [6.07, 6.45) is 4.61. The van der Waals surface area contributed by atoms with Gasteiger partial charge in [-0.2, -0.15) is 0 Å². The van der Waals surface area contributed by atoms with E-state index in [1.54, 1.807) is 29.7 Å². The number of amides is 4. The molecule has 4 amide bonds.